The summed E-state index contributed by atoms with van der Waals surface area (Å²) in [5.74, 6) is 0.247. The molecule has 1 atom stereocenters. The maximum Gasteiger partial charge on any atom is 0.325 e. The zero-order valence-corrected chi connectivity index (χ0v) is 19.6. The van der Waals surface area contributed by atoms with Crippen LogP contribution in [0.1, 0.15) is 17.5 Å². The van der Waals surface area contributed by atoms with Gasteiger partial charge in [0.2, 0.25) is 10.0 Å². The quantitative estimate of drug-likeness (QED) is 0.623. The second-order valence-electron chi connectivity index (χ2n) is 8.75. The Bertz CT molecular complexity index is 1190. The fourth-order valence-corrected chi connectivity index (χ4v) is 6.21. The lowest BCUT2D eigenvalue weighted by Crippen LogP contribution is -2.51. The summed E-state index contributed by atoms with van der Waals surface area (Å²) in [6.45, 7) is 1.66. The number of nitrogens with one attached hydrogen (secondary N) is 1. The number of rotatable bonds is 6. The lowest BCUT2D eigenvalue weighted by atomic mass is 9.78. The third-order valence-electron chi connectivity index (χ3n) is 6.69. The molecule has 1 spiro atoms. The highest BCUT2D eigenvalue weighted by atomic mass is 32.2. The molecule has 9 nitrogen and oxygen atoms in total. The van der Waals surface area contributed by atoms with Gasteiger partial charge in [0.1, 0.15) is 17.9 Å². The first-order valence-corrected chi connectivity index (χ1v) is 12.8. The highest BCUT2D eigenvalue weighted by Gasteiger charge is 2.52. The Hall–Kier alpha value is -2.95. The van der Waals surface area contributed by atoms with Crippen LogP contribution < -0.4 is 10.1 Å². The van der Waals surface area contributed by atoms with E-state index in [-0.39, 0.29) is 24.0 Å². The number of morpholine rings is 1. The molecule has 1 unspecified atom stereocenters. The number of hydrogen-bond acceptors (Lipinski definition) is 6. The van der Waals surface area contributed by atoms with Crippen molar-refractivity contribution in [2.45, 2.75) is 29.7 Å². The van der Waals surface area contributed by atoms with E-state index in [0.29, 0.717) is 44.9 Å². The van der Waals surface area contributed by atoms with E-state index < -0.39 is 21.6 Å². The van der Waals surface area contributed by atoms with Gasteiger partial charge < -0.3 is 14.8 Å². The molecular weight excluding hydrogens is 458 g/mol. The highest BCUT2D eigenvalue weighted by Crippen LogP contribution is 2.33. The summed E-state index contributed by atoms with van der Waals surface area (Å²) in [4.78, 5) is 27.1. The molecule has 0 bridgehead atoms. The molecule has 0 radical (unpaired) electrons. The number of amides is 3. The Morgan fingerprint density at radius 2 is 1.71 bits per heavy atom. The molecule has 3 aliphatic rings. The van der Waals surface area contributed by atoms with E-state index in [1.54, 1.807) is 12.1 Å². The molecule has 1 N–H and O–H groups in total. The van der Waals surface area contributed by atoms with Crippen LogP contribution in [-0.4, -0.2) is 74.6 Å². The van der Waals surface area contributed by atoms with E-state index in [1.165, 1.54) is 26.9 Å². The number of carbonyl (C=O) groups excluding carboxylic acids is 2. The molecule has 1 aliphatic carbocycles. The summed E-state index contributed by atoms with van der Waals surface area (Å²) in [7, 11) is -3.57. The molecule has 180 valence electrons. The largest absolute Gasteiger partial charge is 0.492 e. The standard InChI is InChI=1S/C24H27N3O6S/c28-22-24(10-9-18-3-1-2-4-19(18)17-24)25-23(29)27(22)13-16-33-20-5-7-21(8-6-20)34(30,31)26-11-14-32-15-12-26/h1-8H,9-17H2,(H,25,29). The summed E-state index contributed by atoms with van der Waals surface area (Å²) < 4.78 is 37.8. The first-order valence-electron chi connectivity index (χ1n) is 11.4. The summed E-state index contributed by atoms with van der Waals surface area (Å²) in [6, 6.07) is 13.8. The van der Waals surface area contributed by atoms with Gasteiger partial charge >= 0.3 is 6.03 Å². The first kappa shape index (κ1) is 22.8. The average molecular weight is 486 g/mol. The predicted molar refractivity (Wildman–Crippen MR) is 123 cm³/mol. The summed E-state index contributed by atoms with van der Waals surface area (Å²) in [6.07, 6.45) is 1.81. The zero-order valence-electron chi connectivity index (χ0n) is 18.7. The molecule has 2 aromatic carbocycles. The number of sulfonamides is 1. The van der Waals surface area contributed by atoms with Crippen LogP contribution in [-0.2, 0) is 32.4 Å². The third-order valence-corrected chi connectivity index (χ3v) is 8.61. The zero-order chi connectivity index (χ0) is 23.8. The van der Waals surface area contributed by atoms with Gasteiger partial charge in [0.25, 0.3) is 5.91 Å². The molecule has 2 heterocycles. The third kappa shape index (κ3) is 4.17. The molecule has 2 saturated heterocycles. The first-order chi connectivity index (χ1) is 16.4. The Labute approximate surface area is 198 Å². The molecule has 34 heavy (non-hydrogen) atoms. The van der Waals surface area contributed by atoms with Crippen LogP contribution in [0.2, 0.25) is 0 Å². The van der Waals surface area contributed by atoms with Crippen molar-refractivity contribution in [1.29, 1.82) is 0 Å². The average Bonchev–Trinajstić information content (AvgIpc) is 3.08. The highest BCUT2D eigenvalue weighted by molar-refractivity contribution is 7.89. The van der Waals surface area contributed by atoms with Gasteiger partial charge in [0.15, 0.2) is 0 Å². The van der Waals surface area contributed by atoms with E-state index in [4.69, 9.17) is 9.47 Å². The molecule has 2 fully saturated rings. The number of urea groups is 1. The Kier molecular flexibility index (Phi) is 6.05. The van der Waals surface area contributed by atoms with Gasteiger partial charge in [-0.1, -0.05) is 24.3 Å². The van der Waals surface area contributed by atoms with Crippen LogP contribution in [0.15, 0.2) is 53.4 Å². The molecule has 0 saturated carbocycles. The van der Waals surface area contributed by atoms with Crippen LogP contribution in [0.25, 0.3) is 0 Å². The second kappa shape index (κ2) is 9.01. The minimum atomic E-state index is -3.57. The Balaban J connectivity index is 1.18. The summed E-state index contributed by atoms with van der Waals surface area (Å²) in [5.41, 5.74) is 1.42. The maximum atomic E-state index is 13.2. The van der Waals surface area contributed by atoms with Gasteiger partial charge in [0.05, 0.1) is 24.7 Å². The fourth-order valence-electron chi connectivity index (χ4n) is 4.80. The van der Waals surface area contributed by atoms with Gasteiger partial charge in [-0.05, 0) is 48.2 Å². The van der Waals surface area contributed by atoms with Crippen molar-refractivity contribution in [2.75, 3.05) is 39.5 Å². The van der Waals surface area contributed by atoms with Crippen LogP contribution in [0.4, 0.5) is 4.79 Å². The van der Waals surface area contributed by atoms with Gasteiger partial charge in [0, 0.05) is 19.5 Å². The van der Waals surface area contributed by atoms with E-state index in [2.05, 4.69) is 11.4 Å². The monoisotopic (exact) mass is 485 g/mol. The van der Waals surface area contributed by atoms with E-state index >= 15 is 0 Å². The maximum absolute atomic E-state index is 13.2. The molecule has 3 amide bonds. The van der Waals surface area contributed by atoms with Crippen molar-refractivity contribution in [3.05, 3.63) is 59.7 Å². The molecule has 5 rings (SSSR count). The van der Waals surface area contributed by atoms with Crippen molar-refractivity contribution in [3.8, 4) is 5.75 Å². The lowest BCUT2D eigenvalue weighted by Gasteiger charge is -2.32. The predicted octanol–water partition coefficient (Wildman–Crippen LogP) is 1.57. The fraction of sp³-hybridized carbons (Fsp3) is 0.417. The Morgan fingerprint density at radius 3 is 2.44 bits per heavy atom. The van der Waals surface area contributed by atoms with Crippen molar-refractivity contribution >= 4 is 22.0 Å². The Morgan fingerprint density at radius 1 is 1.00 bits per heavy atom. The minimum Gasteiger partial charge on any atom is -0.492 e. The van der Waals surface area contributed by atoms with Crippen LogP contribution in [0, 0.1) is 0 Å². The normalized spacial score (nSPS) is 23.1. The number of benzene rings is 2. The van der Waals surface area contributed by atoms with Crippen molar-refractivity contribution in [1.82, 2.24) is 14.5 Å². The summed E-state index contributed by atoms with van der Waals surface area (Å²) >= 11 is 0. The van der Waals surface area contributed by atoms with Gasteiger partial charge in [-0.2, -0.15) is 4.31 Å². The number of carbonyl (C=O) groups is 2. The SMILES string of the molecule is O=C1NC2(CCc3ccccc3C2)C(=O)N1CCOc1ccc(S(=O)(=O)N2CCOCC2)cc1. The van der Waals surface area contributed by atoms with Gasteiger partial charge in [-0.3, -0.25) is 9.69 Å². The van der Waals surface area contributed by atoms with Crippen LogP contribution in [0.5, 0.6) is 5.75 Å². The summed E-state index contributed by atoms with van der Waals surface area (Å²) in [5, 5.41) is 2.92. The number of hydrogen-bond donors (Lipinski definition) is 1. The number of ether oxygens (including phenoxy) is 2. The molecule has 0 aromatic heterocycles. The van der Waals surface area contributed by atoms with E-state index in [1.807, 2.05) is 18.2 Å². The minimum absolute atomic E-state index is 0.112. The van der Waals surface area contributed by atoms with Crippen molar-refractivity contribution < 1.29 is 27.5 Å². The molecule has 2 aromatic rings. The van der Waals surface area contributed by atoms with Crippen molar-refractivity contribution in [3.63, 3.8) is 0 Å². The molecule has 2 aliphatic heterocycles. The van der Waals surface area contributed by atoms with E-state index in [0.717, 1.165) is 12.0 Å². The van der Waals surface area contributed by atoms with Gasteiger partial charge in [-0.25, -0.2) is 13.2 Å². The molecular formula is C24H27N3O6S. The number of imide groups is 1. The lowest BCUT2D eigenvalue weighted by molar-refractivity contribution is -0.132. The van der Waals surface area contributed by atoms with Crippen LogP contribution >= 0.6 is 0 Å². The number of aryl methyl sites for hydroxylation is 1. The topological polar surface area (TPSA) is 105 Å². The number of fused-ring (bicyclic) bond motifs is 1. The molecule has 10 heteroatoms. The number of nitrogens with zero attached hydrogens (tertiary/aromatic N) is 2. The smallest absolute Gasteiger partial charge is 0.325 e. The van der Waals surface area contributed by atoms with E-state index in [9.17, 15) is 18.0 Å². The van der Waals surface area contributed by atoms with Crippen molar-refractivity contribution in [2.24, 2.45) is 0 Å². The van der Waals surface area contributed by atoms with Gasteiger partial charge in [-0.15, -0.1) is 0 Å². The second-order valence-corrected chi connectivity index (χ2v) is 10.7. The van der Waals surface area contributed by atoms with Crippen LogP contribution in [0.3, 0.4) is 0 Å².